The number of anilines is 2. The van der Waals surface area contributed by atoms with Crippen LogP contribution < -0.4 is 10.2 Å². The van der Waals surface area contributed by atoms with Crippen molar-refractivity contribution in [2.24, 2.45) is 5.92 Å². The number of nitrogens with zero attached hydrogens (tertiary/aromatic N) is 1. The molecule has 0 radical (unpaired) electrons. The van der Waals surface area contributed by atoms with Gasteiger partial charge in [0.1, 0.15) is 0 Å². The standard InChI is InChI=1S/C22H23ClN2O4/c1-13-5-7-18(8-15(13)3)25-11-16(9-21(25)27)22(28)29-12-20(26)24-17-6-4-14(2)19(23)10-17/h4-8,10,16H,9,11-12H2,1-3H3,(H,24,26)/t16-/m0/s1. The third-order valence-electron chi connectivity index (χ3n) is 5.06. The first-order chi connectivity index (χ1) is 13.7. The summed E-state index contributed by atoms with van der Waals surface area (Å²) in [5, 5.41) is 3.17. The molecule has 2 aromatic rings. The molecule has 6 nitrogen and oxygen atoms in total. The Hall–Kier alpha value is -2.86. The monoisotopic (exact) mass is 414 g/mol. The lowest BCUT2D eigenvalue weighted by Gasteiger charge is -2.17. The molecular weight excluding hydrogens is 392 g/mol. The molecular formula is C22H23ClN2O4. The molecule has 2 amide bonds. The topological polar surface area (TPSA) is 75.7 Å². The summed E-state index contributed by atoms with van der Waals surface area (Å²) in [6.07, 6.45) is 0.0704. The Balaban J connectivity index is 1.54. The van der Waals surface area contributed by atoms with Gasteiger partial charge >= 0.3 is 5.97 Å². The SMILES string of the molecule is Cc1ccc(N2C[C@@H](C(=O)OCC(=O)Nc3ccc(C)c(Cl)c3)CC2=O)cc1C. The van der Waals surface area contributed by atoms with E-state index in [2.05, 4.69) is 5.32 Å². The number of nitrogens with one attached hydrogen (secondary N) is 1. The summed E-state index contributed by atoms with van der Waals surface area (Å²) in [6.45, 7) is 5.67. The van der Waals surface area contributed by atoms with Crippen LogP contribution in [0.3, 0.4) is 0 Å². The minimum atomic E-state index is -0.592. The van der Waals surface area contributed by atoms with E-state index < -0.39 is 24.4 Å². The van der Waals surface area contributed by atoms with E-state index in [-0.39, 0.29) is 18.9 Å². The van der Waals surface area contributed by atoms with Gasteiger partial charge in [0.25, 0.3) is 5.91 Å². The highest BCUT2D eigenvalue weighted by Gasteiger charge is 2.36. The molecule has 29 heavy (non-hydrogen) atoms. The van der Waals surface area contributed by atoms with Crippen molar-refractivity contribution in [2.75, 3.05) is 23.4 Å². The molecule has 0 unspecified atom stereocenters. The Morgan fingerprint density at radius 1 is 1.10 bits per heavy atom. The van der Waals surface area contributed by atoms with Crippen LogP contribution in [0.4, 0.5) is 11.4 Å². The summed E-state index contributed by atoms with van der Waals surface area (Å²) >= 11 is 6.03. The summed E-state index contributed by atoms with van der Waals surface area (Å²) in [6, 6.07) is 10.9. The van der Waals surface area contributed by atoms with Crippen LogP contribution in [0.25, 0.3) is 0 Å². The molecule has 2 aromatic carbocycles. The Morgan fingerprint density at radius 3 is 2.52 bits per heavy atom. The number of hydrogen-bond acceptors (Lipinski definition) is 4. The van der Waals surface area contributed by atoms with Crippen LogP contribution >= 0.6 is 11.6 Å². The number of halogens is 1. The lowest BCUT2D eigenvalue weighted by Crippen LogP contribution is -2.28. The number of aryl methyl sites for hydroxylation is 3. The highest BCUT2D eigenvalue weighted by molar-refractivity contribution is 6.31. The number of carbonyl (C=O) groups excluding carboxylic acids is 3. The van der Waals surface area contributed by atoms with Gasteiger partial charge in [0.2, 0.25) is 5.91 Å². The minimum absolute atomic E-state index is 0.0704. The third-order valence-corrected chi connectivity index (χ3v) is 5.47. The Morgan fingerprint density at radius 2 is 1.83 bits per heavy atom. The number of rotatable bonds is 5. The van der Waals surface area contributed by atoms with Crippen LogP contribution in [0.5, 0.6) is 0 Å². The third kappa shape index (κ3) is 4.95. The predicted octanol–water partition coefficient (Wildman–Crippen LogP) is 3.80. The average molecular weight is 415 g/mol. The fourth-order valence-electron chi connectivity index (χ4n) is 3.13. The summed E-state index contributed by atoms with van der Waals surface area (Å²) < 4.78 is 5.13. The van der Waals surface area contributed by atoms with Gasteiger partial charge in [0, 0.05) is 29.4 Å². The van der Waals surface area contributed by atoms with Crippen LogP contribution in [0.1, 0.15) is 23.1 Å². The maximum Gasteiger partial charge on any atom is 0.311 e. The highest BCUT2D eigenvalue weighted by Crippen LogP contribution is 2.27. The lowest BCUT2D eigenvalue weighted by atomic mass is 10.1. The molecule has 152 valence electrons. The summed E-state index contributed by atoms with van der Waals surface area (Å²) in [5.41, 5.74) is 4.41. The molecule has 0 saturated carbocycles. The first-order valence-corrected chi connectivity index (χ1v) is 9.72. The quantitative estimate of drug-likeness (QED) is 0.755. The Bertz CT molecular complexity index is 973. The molecule has 0 aliphatic carbocycles. The van der Waals surface area contributed by atoms with Crippen LogP contribution in [-0.4, -0.2) is 30.9 Å². The van der Waals surface area contributed by atoms with Gasteiger partial charge in [-0.25, -0.2) is 0 Å². The second kappa shape index (κ2) is 8.66. The van der Waals surface area contributed by atoms with Gasteiger partial charge in [-0.05, 0) is 61.7 Å². The Labute approximate surface area is 174 Å². The molecule has 0 bridgehead atoms. The maximum atomic E-state index is 12.4. The van der Waals surface area contributed by atoms with Crippen LogP contribution in [-0.2, 0) is 19.1 Å². The molecule has 3 rings (SSSR count). The molecule has 1 saturated heterocycles. The zero-order chi connectivity index (χ0) is 21.1. The number of amides is 2. The van der Waals surface area contributed by atoms with E-state index in [1.54, 1.807) is 23.1 Å². The second-order valence-corrected chi connectivity index (χ2v) is 7.70. The van der Waals surface area contributed by atoms with Gasteiger partial charge in [0.05, 0.1) is 5.92 Å². The smallest absolute Gasteiger partial charge is 0.311 e. The number of ether oxygens (including phenoxy) is 1. The predicted molar refractivity (Wildman–Crippen MR) is 112 cm³/mol. The minimum Gasteiger partial charge on any atom is -0.455 e. The van der Waals surface area contributed by atoms with Gasteiger partial charge in [0.15, 0.2) is 6.61 Å². The van der Waals surface area contributed by atoms with Crippen molar-refractivity contribution in [3.63, 3.8) is 0 Å². The van der Waals surface area contributed by atoms with E-state index in [1.165, 1.54) is 0 Å². The fourth-order valence-corrected chi connectivity index (χ4v) is 3.31. The van der Waals surface area contributed by atoms with E-state index in [4.69, 9.17) is 16.3 Å². The van der Waals surface area contributed by atoms with Crippen molar-refractivity contribution in [1.82, 2.24) is 0 Å². The second-order valence-electron chi connectivity index (χ2n) is 7.29. The molecule has 1 heterocycles. The molecule has 1 aliphatic rings. The summed E-state index contributed by atoms with van der Waals surface area (Å²) in [7, 11) is 0. The number of hydrogen-bond donors (Lipinski definition) is 1. The van der Waals surface area contributed by atoms with Crippen LogP contribution in [0.2, 0.25) is 5.02 Å². The van der Waals surface area contributed by atoms with Crippen molar-refractivity contribution in [2.45, 2.75) is 27.2 Å². The van der Waals surface area contributed by atoms with Crippen LogP contribution in [0, 0.1) is 26.7 Å². The molecule has 0 spiro atoms. The lowest BCUT2D eigenvalue weighted by molar-refractivity contribution is -0.151. The van der Waals surface area contributed by atoms with Crippen molar-refractivity contribution in [3.05, 3.63) is 58.1 Å². The van der Waals surface area contributed by atoms with Crippen molar-refractivity contribution in [3.8, 4) is 0 Å². The van der Waals surface area contributed by atoms with E-state index in [0.29, 0.717) is 10.7 Å². The largest absolute Gasteiger partial charge is 0.455 e. The highest BCUT2D eigenvalue weighted by atomic mass is 35.5. The van der Waals surface area contributed by atoms with Gasteiger partial charge in [-0.15, -0.1) is 0 Å². The van der Waals surface area contributed by atoms with Crippen LogP contribution in [0.15, 0.2) is 36.4 Å². The van der Waals surface area contributed by atoms with E-state index in [0.717, 1.165) is 22.4 Å². The first-order valence-electron chi connectivity index (χ1n) is 9.35. The zero-order valence-electron chi connectivity index (χ0n) is 16.6. The fraction of sp³-hybridized carbons (Fsp3) is 0.318. The number of esters is 1. The van der Waals surface area contributed by atoms with Gasteiger partial charge in [-0.1, -0.05) is 23.7 Å². The molecule has 0 aromatic heterocycles. The van der Waals surface area contributed by atoms with Gasteiger partial charge in [-0.2, -0.15) is 0 Å². The van der Waals surface area contributed by atoms with Gasteiger partial charge in [-0.3, -0.25) is 14.4 Å². The van der Waals surface area contributed by atoms with E-state index >= 15 is 0 Å². The molecule has 1 fully saturated rings. The summed E-state index contributed by atoms with van der Waals surface area (Å²) in [5.74, 6) is -1.74. The molecule has 1 aliphatic heterocycles. The summed E-state index contributed by atoms with van der Waals surface area (Å²) in [4.78, 5) is 38.3. The van der Waals surface area contributed by atoms with Crippen molar-refractivity contribution < 1.29 is 19.1 Å². The van der Waals surface area contributed by atoms with Crippen molar-refractivity contribution in [1.29, 1.82) is 0 Å². The van der Waals surface area contributed by atoms with Crippen molar-refractivity contribution >= 4 is 40.8 Å². The number of carbonyl (C=O) groups is 3. The number of benzene rings is 2. The van der Waals surface area contributed by atoms with E-state index in [9.17, 15) is 14.4 Å². The molecule has 1 N–H and O–H groups in total. The molecule has 1 atom stereocenters. The average Bonchev–Trinajstić information content (AvgIpc) is 3.07. The molecule has 7 heteroatoms. The zero-order valence-corrected chi connectivity index (χ0v) is 17.4. The normalized spacial score (nSPS) is 16.1. The maximum absolute atomic E-state index is 12.4. The Kier molecular flexibility index (Phi) is 6.23. The first kappa shape index (κ1) is 20.9. The van der Waals surface area contributed by atoms with Gasteiger partial charge < -0.3 is 15.0 Å². The van der Waals surface area contributed by atoms with E-state index in [1.807, 2.05) is 39.0 Å².